The number of rotatable bonds is 6. The highest BCUT2D eigenvalue weighted by Crippen LogP contribution is 2.37. The minimum Gasteiger partial charge on any atom is -0.486 e. The monoisotopic (exact) mass is 473 g/mol. The molecule has 0 N–H and O–H groups in total. The zero-order valence-electron chi connectivity index (χ0n) is 16.4. The van der Waals surface area contributed by atoms with Crippen LogP contribution in [0, 0.1) is 5.82 Å². The summed E-state index contributed by atoms with van der Waals surface area (Å²) in [5, 5.41) is 1.36. The Balaban J connectivity index is 1.70. The molecular formula is C23H17ClFNO3S2. The number of hydrogen-bond acceptors (Lipinski definition) is 5. The Bertz CT molecular complexity index is 1300. The van der Waals surface area contributed by atoms with E-state index < -0.39 is 9.84 Å². The third-order valence-corrected chi connectivity index (χ3v) is 6.97. The lowest BCUT2D eigenvalue weighted by Crippen LogP contribution is -1.96. The summed E-state index contributed by atoms with van der Waals surface area (Å²) in [5.41, 5.74) is 2.27. The van der Waals surface area contributed by atoms with Gasteiger partial charge in [-0.1, -0.05) is 23.7 Å². The first kappa shape index (κ1) is 21.5. The van der Waals surface area contributed by atoms with Gasteiger partial charge in [0.25, 0.3) is 0 Å². The quantitative estimate of drug-likeness (QED) is 0.332. The summed E-state index contributed by atoms with van der Waals surface area (Å²) in [6.07, 6.45) is 1.17. The van der Waals surface area contributed by atoms with Crippen LogP contribution in [-0.2, 0) is 16.4 Å². The van der Waals surface area contributed by atoms with Gasteiger partial charge in [0.2, 0.25) is 0 Å². The van der Waals surface area contributed by atoms with Crippen molar-refractivity contribution in [3.63, 3.8) is 0 Å². The molecule has 0 saturated carbocycles. The molecule has 1 heterocycles. The van der Waals surface area contributed by atoms with Crippen LogP contribution >= 0.6 is 22.9 Å². The molecule has 0 aliphatic carbocycles. The van der Waals surface area contributed by atoms with E-state index in [0.717, 1.165) is 21.0 Å². The predicted molar refractivity (Wildman–Crippen MR) is 122 cm³/mol. The van der Waals surface area contributed by atoms with Gasteiger partial charge in [-0.05, 0) is 66.2 Å². The minimum atomic E-state index is -3.29. The fourth-order valence-electron chi connectivity index (χ4n) is 2.95. The van der Waals surface area contributed by atoms with E-state index in [9.17, 15) is 12.8 Å². The number of sulfone groups is 1. The van der Waals surface area contributed by atoms with Gasteiger partial charge >= 0.3 is 0 Å². The fourth-order valence-corrected chi connectivity index (χ4v) is 4.72. The first-order chi connectivity index (χ1) is 14.8. The summed E-state index contributed by atoms with van der Waals surface area (Å²) in [7, 11) is -3.29. The zero-order chi connectivity index (χ0) is 22.0. The van der Waals surface area contributed by atoms with Gasteiger partial charge in [-0.25, -0.2) is 17.8 Å². The zero-order valence-corrected chi connectivity index (χ0v) is 18.8. The van der Waals surface area contributed by atoms with Crippen LogP contribution < -0.4 is 4.74 Å². The van der Waals surface area contributed by atoms with Gasteiger partial charge in [0, 0.05) is 16.8 Å². The normalized spacial score (nSPS) is 11.5. The number of ether oxygens (including phenoxy) is 1. The molecule has 0 aliphatic rings. The lowest BCUT2D eigenvalue weighted by molar-refractivity contribution is 0.305. The first-order valence-corrected chi connectivity index (χ1v) is 12.3. The van der Waals surface area contributed by atoms with Crippen LogP contribution in [0.15, 0.2) is 77.7 Å². The SMILES string of the molecule is CS(=O)(=O)c1ccc(-c2sc(COc3ccc(Cl)cc3)nc2-c2ccc(F)cc2)cc1. The highest BCUT2D eigenvalue weighted by molar-refractivity contribution is 7.90. The predicted octanol–water partition coefficient (Wildman–Crippen LogP) is 6.25. The fraction of sp³-hybridized carbons (Fsp3) is 0.0870. The van der Waals surface area contributed by atoms with Crippen LogP contribution in [0.1, 0.15) is 5.01 Å². The van der Waals surface area contributed by atoms with E-state index >= 15 is 0 Å². The average Bonchev–Trinajstić information content (AvgIpc) is 3.18. The number of halogens is 2. The van der Waals surface area contributed by atoms with Crippen LogP contribution in [0.2, 0.25) is 5.02 Å². The Labute approximate surface area is 188 Å². The van der Waals surface area contributed by atoms with Crippen LogP contribution in [0.5, 0.6) is 5.75 Å². The molecule has 4 nitrogen and oxygen atoms in total. The number of benzene rings is 3. The Morgan fingerprint density at radius 2 is 1.55 bits per heavy atom. The molecule has 0 radical (unpaired) electrons. The van der Waals surface area contributed by atoms with Crippen molar-refractivity contribution in [2.45, 2.75) is 11.5 Å². The molecule has 8 heteroatoms. The molecule has 1 aromatic heterocycles. The van der Waals surface area contributed by atoms with Crippen molar-refractivity contribution in [2.75, 3.05) is 6.26 Å². The third kappa shape index (κ3) is 5.12. The Hall–Kier alpha value is -2.74. The number of aromatic nitrogens is 1. The minimum absolute atomic E-state index is 0.246. The molecule has 0 aliphatic heterocycles. The molecule has 0 fully saturated rings. The van der Waals surface area contributed by atoms with E-state index in [1.54, 1.807) is 60.7 Å². The summed E-state index contributed by atoms with van der Waals surface area (Å²) in [4.78, 5) is 5.81. The number of thiazole rings is 1. The van der Waals surface area contributed by atoms with E-state index in [2.05, 4.69) is 0 Å². The topological polar surface area (TPSA) is 56.3 Å². The van der Waals surface area contributed by atoms with Crippen molar-refractivity contribution in [3.05, 3.63) is 88.6 Å². The van der Waals surface area contributed by atoms with Gasteiger partial charge < -0.3 is 4.74 Å². The Kier molecular flexibility index (Phi) is 6.09. The van der Waals surface area contributed by atoms with Gasteiger partial charge in [0.15, 0.2) is 9.84 Å². The molecule has 0 amide bonds. The van der Waals surface area contributed by atoms with Gasteiger partial charge in [-0.3, -0.25) is 0 Å². The molecule has 4 rings (SSSR count). The standard InChI is InChI=1S/C23H17ClFNO3S2/c1-31(27,28)20-12-4-16(5-13-20)23-22(15-2-8-18(25)9-3-15)26-21(30-23)14-29-19-10-6-17(24)7-11-19/h2-13H,14H2,1H3. The van der Waals surface area contributed by atoms with Crippen molar-refractivity contribution in [2.24, 2.45) is 0 Å². The second-order valence-electron chi connectivity index (χ2n) is 6.83. The molecule has 0 spiro atoms. The highest BCUT2D eigenvalue weighted by atomic mass is 35.5. The van der Waals surface area contributed by atoms with Crippen molar-refractivity contribution in [3.8, 4) is 27.4 Å². The van der Waals surface area contributed by atoms with Crippen molar-refractivity contribution >= 4 is 32.8 Å². The van der Waals surface area contributed by atoms with Crippen LogP contribution in [-0.4, -0.2) is 19.7 Å². The second-order valence-corrected chi connectivity index (χ2v) is 10.4. The summed E-state index contributed by atoms with van der Waals surface area (Å²) in [6, 6.07) is 19.8. The highest BCUT2D eigenvalue weighted by Gasteiger charge is 2.17. The van der Waals surface area contributed by atoms with Crippen molar-refractivity contribution < 1.29 is 17.5 Å². The molecule has 4 aromatic rings. The number of hydrogen-bond donors (Lipinski definition) is 0. The van der Waals surface area contributed by atoms with Gasteiger partial charge in [0.1, 0.15) is 23.2 Å². The largest absolute Gasteiger partial charge is 0.486 e. The third-order valence-electron chi connectivity index (χ3n) is 4.51. The van der Waals surface area contributed by atoms with Gasteiger partial charge in [-0.2, -0.15) is 0 Å². The maximum Gasteiger partial charge on any atom is 0.175 e. The van der Waals surface area contributed by atoms with Crippen LogP contribution in [0.3, 0.4) is 0 Å². The Morgan fingerprint density at radius 3 is 2.16 bits per heavy atom. The first-order valence-electron chi connectivity index (χ1n) is 9.24. The van der Waals surface area contributed by atoms with E-state index in [4.69, 9.17) is 21.3 Å². The summed E-state index contributed by atoms with van der Waals surface area (Å²) < 4.78 is 42.8. The molecular weight excluding hydrogens is 457 g/mol. The van der Waals surface area contributed by atoms with Crippen molar-refractivity contribution in [1.29, 1.82) is 0 Å². The lowest BCUT2D eigenvalue weighted by Gasteiger charge is -2.04. The van der Waals surface area contributed by atoms with Gasteiger partial charge in [-0.15, -0.1) is 11.3 Å². The van der Waals surface area contributed by atoms with Crippen LogP contribution in [0.4, 0.5) is 4.39 Å². The summed E-state index contributed by atoms with van der Waals surface area (Å²) in [5.74, 6) is 0.339. The van der Waals surface area contributed by atoms with Crippen LogP contribution in [0.25, 0.3) is 21.7 Å². The molecule has 158 valence electrons. The lowest BCUT2D eigenvalue weighted by atomic mass is 10.1. The van der Waals surface area contributed by atoms with Gasteiger partial charge in [0.05, 0.1) is 15.5 Å². The second kappa shape index (κ2) is 8.78. The maximum absolute atomic E-state index is 13.4. The van der Waals surface area contributed by atoms with E-state index in [0.29, 0.717) is 16.5 Å². The summed E-state index contributed by atoms with van der Waals surface area (Å²) >= 11 is 7.35. The molecule has 31 heavy (non-hydrogen) atoms. The maximum atomic E-state index is 13.4. The molecule has 0 unspecified atom stereocenters. The van der Waals surface area contributed by atoms with E-state index in [1.165, 1.54) is 29.7 Å². The van der Waals surface area contributed by atoms with E-state index in [-0.39, 0.29) is 17.3 Å². The average molecular weight is 474 g/mol. The molecule has 0 bridgehead atoms. The van der Waals surface area contributed by atoms with E-state index in [1.807, 2.05) is 0 Å². The molecule has 0 atom stereocenters. The number of nitrogens with zero attached hydrogens (tertiary/aromatic N) is 1. The molecule has 0 saturated heterocycles. The summed E-state index contributed by atoms with van der Waals surface area (Å²) in [6.45, 7) is 0.252. The Morgan fingerprint density at radius 1 is 0.935 bits per heavy atom. The molecule has 3 aromatic carbocycles. The smallest absolute Gasteiger partial charge is 0.175 e. The van der Waals surface area contributed by atoms with Crippen molar-refractivity contribution in [1.82, 2.24) is 4.98 Å².